The third-order valence-electron chi connectivity index (χ3n) is 3.95. The summed E-state index contributed by atoms with van der Waals surface area (Å²) in [6.07, 6.45) is -0.386. The fraction of sp³-hybridized carbons (Fsp3) is 0.263. The van der Waals surface area contributed by atoms with Gasteiger partial charge in [0.15, 0.2) is 0 Å². The molecule has 1 unspecified atom stereocenters. The highest BCUT2D eigenvalue weighted by atomic mass is 16.6. The van der Waals surface area contributed by atoms with Crippen LogP contribution in [0.2, 0.25) is 0 Å². The van der Waals surface area contributed by atoms with Gasteiger partial charge in [-0.25, -0.2) is 4.79 Å². The topological polar surface area (TPSA) is 58.6 Å². The summed E-state index contributed by atoms with van der Waals surface area (Å²) in [6, 6.07) is 17.2. The molecule has 0 spiro atoms. The maximum absolute atomic E-state index is 12.0. The van der Waals surface area contributed by atoms with Crippen LogP contribution in [0, 0.1) is 6.92 Å². The van der Waals surface area contributed by atoms with Crippen LogP contribution < -0.4 is 10.2 Å². The van der Waals surface area contributed by atoms with E-state index in [0.717, 1.165) is 16.8 Å². The molecule has 2 amide bonds. The van der Waals surface area contributed by atoms with Gasteiger partial charge >= 0.3 is 6.09 Å². The van der Waals surface area contributed by atoms with Crippen molar-refractivity contribution in [1.82, 2.24) is 5.32 Å². The molecule has 0 saturated carbocycles. The van der Waals surface area contributed by atoms with Crippen LogP contribution >= 0.6 is 0 Å². The molecular formula is C19H20N2O3. The minimum atomic E-state index is -0.374. The van der Waals surface area contributed by atoms with Crippen LogP contribution in [0.5, 0.6) is 0 Å². The number of benzene rings is 2. The lowest BCUT2D eigenvalue weighted by Crippen LogP contribution is -2.35. The SMILES string of the molecule is Cc1ccc(N2CC(CNC(=O)Cc3ccccc3)OC2=O)cc1. The van der Waals surface area contributed by atoms with Crippen LogP contribution in [-0.2, 0) is 16.0 Å². The summed E-state index contributed by atoms with van der Waals surface area (Å²) in [4.78, 5) is 25.6. The Labute approximate surface area is 141 Å². The largest absolute Gasteiger partial charge is 0.442 e. The van der Waals surface area contributed by atoms with Gasteiger partial charge in [0.1, 0.15) is 6.10 Å². The number of hydrogen-bond acceptors (Lipinski definition) is 3. The number of amides is 2. The van der Waals surface area contributed by atoms with Crippen molar-refractivity contribution in [2.24, 2.45) is 0 Å². The van der Waals surface area contributed by atoms with E-state index in [-0.39, 0.29) is 18.1 Å². The molecule has 2 aromatic carbocycles. The van der Waals surface area contributed by atoms with E-state index in [1.54, 1.807) is 4.90 Å². The lowest BCUT2D eigenvalue weighted by molar-refractivity contribution is -0.120. The van der Waals surface area contributed by atoms with Gasteiger partial charge in [-0.3, -0.25) is 9.69 Å². The fourth-order valence-corrected chi connectivity index (χ4v) is 2.63. The molecule has 1 atom stereocenters. The molecule has 0 radical (unpaired) electrons. The van der Waals surface area contributed by atoms with E-state index in [1.807, 2.05) is 61.5 Å². The van der Waals surface area contributed by atoms with Crippen LogP contribution in [0.15, 0.2) is 54.6 Å². The van der Waals surface area contributed by atoms with Crippen molar-refractivity contribution in [2.45, 2.75) is 19.4 Å². The van der Waals surface area contributed by atoms with Crippen molar-refractivity contribution in [3.05, 3.63) is 65.7 Å². The molecule has 1 aliphatic heterocycles. The molecule has 3 rings (SSSR count). The van der Waals surface area contributed by atoms with Gasteiger partial charge < -0.3 is 10.1 Å². The Bertz CT molecular complexity index is 713. The summed E-state index contributed by atoms with van der Waals surface area (Å²) < 4.78 is 5.33. The van der Waals surface area contributed by atoms with E-state index in [1.165, 1.54) is 0 Å². The first-order valence-electron chi connectivity index (χ1n) is 7.97. The Morgan fingerprint density at radius 1 is 1.17 bits per heavy atom. The maximum Gasteiger partial charge on any atom is 0.414 e. The summed E-state index contributed by atoms with van der Waals surface area (Å²) in [5.41, 5.74) is 2.90. The molecule has 5 nitrogen and oxygen atoms in total. The monoisotopic (exact) mass is 324 g/mol. The number of nitrogens with zero attached hydrogens (tertiary/aromatic N) is 1. The average Bonchev–Trinajstić information content (AvgIpc) is 2.95. The Balaban J connectivity index is 1.51. The molecule has 2 aromatic rings. The van der Waals surface area contributed by atoms with E-state index >= 15 is 0 Å². The smallest absolute Gasteiger partial charge is 0.414 e. The third-order valence-corrected chi connectivity index (χ3v) is 3.95. The molecule has 0 bridgehead atoms. The Morgan fingerprint density at radius 3 is 2.58 bits per heavy atom. The average molecular weight is 324 g/mol. The first-order chi connectivity index (χ1) is 11.6. The van der Waals surface area contributed by atoms with Gasteiger partial charge in [0.05, 0.1) is 19.5 Å². The van der Waals surface area contributed by atoms with Crippen molar-refractivity contribution in [3.63, 3.8) is 0 Å². The molecule has 1 saturated heterocycles. The number of carbonyl (C=O) groups is 2. The van der Waals surface area contributed by atoms with E-state index in [2.05, 4.69) is 5.32 Å². The lowest BCUT2D eigenvalue weighted by Gasteiger charge is -2.13. The minimum Gasteiger partial charge on any atom is -0.442 e. The van der Waals surface area contributed by atoms with E-state index in [9.17, 15) is 9.59 Å². The molecule has 1 fully saturated rings. The number of carbonyl (C=O) groups excluding carboxylic acids is 2. The van der Waals surface area contributed by atoms with Gasteiger partial charge in [0.2, 0.25) is 5.91 Å². The Morgan fingerprint density at radius 2 is 1.88 bits per heavy atom. The minimum absolute atomic E-state index is 0.0777. The van der Waals surface area contributed by atoms with Crippen molar-refractivity contribution in [3.8, 4) is 0 Å². The molecule has 0 aliphatic carbocycles. The molecule has 1 N–H and O–H groups in total. The zero-order valence-corrected chi connectivity index (χ0v) is 13.6. The standard InChI is InChI=1S/C19H20N2O3/c1-14-7-9-16(10-8-14)21-13-17(24-19(21)23)12-20-18(22)11-15-5-3-2-4-6-15/h2-10,17H,11-13H2,1H3,(H,20,22). The first kappa shape index (κ1) is 16.1. The second kappa shape index (κ2) is 7.17. The highest BCUT2D eigenvalue weighted by molar-refractivity contribution is 5.89. The van der Waals surface area contributed by atoms with Gasteiger partial charge in [0.25, 0.3) is 0 Å². The maximum atomic E-state index is 12.0. The summed E-state index contributed by atoms with van der Waals surface area (Å²) >= 11 is 0. The quantitative estimate of drug-likeness (QED) is 0.920. The zero-order chi connectivity index (χ0) is 16.9. The number of anilines is 1. The van der Waals surface area contributed by atoms with Crippen LogP contribution in [0.1, 0.15) is 11.1 Å². The van der Waals surface area contributed by atoms with Gasteiger partial charge in [-0.15, -0.1) is 0 Å². The van der Waals surface area contributed by atoms with Crippen LogP contribution in [0.4, 0.5) is 10.5 Å². The molecule has 124 valence electrons. The van der Waals surface area contributed by atoms with E-state index in [4.69, 9.17) is 4.74 Å². The van der Waals surface area contributed by atoms with E-state index in [0.29, 0.717) is 19.5 Å². The van der Waals surface area contributed by atoms with Gasteiger partial charge in [-0.2, -0.15) is 0 Å². The predicted octanol–water partition coefficient (Wildman–Crippen LogP) is 2.68. The molecule has 5 heteroatoms. The summed E-state index contributed by atoms with van der Waals surface area (Å²) in [6.45, 7) is 2.75. The van der Waals surface area contributed by atoms with Crippen LogP contribution in [0.25, 0.3) is 0 Å². The summed E-state index contributed by atoms with van der Waals surface area (Å²) in [5, 5.41) is 2.83. The molecule has 24 heavy (non-hydrogen) atoms. The van der Waals surface area contributed by atoms with Crippen molar-refractivity contribution in [2.75, 3.05) is 18.0 Å². The number of aryl methyl sites for hydroxylation is 1. The van der Waals surface area contributed by atoms with Crippen LogP contribution in [0.3, 0.4) is 0 Å². The molecule has 0 aromatic heterocycles. The highest BCUT2D eigenvalue weighted by Gasteiger charge is 2.32. The third kappa shape index (κ3) is 3.93. The van der Waals surface area contributed by atoms with Gasteiger partial charge in [0, 0.05) is 5.69 Å². The number of hydrogen-bond donors (Lipinski definition) is 1. The predicted molar refractivity (Wildman–Crippen MR) is 91.9 cm³/mol. The fourth-order valence-electron chi connectivity index (χ4n) is 2.63. The normalized spacial score (nSPS) is 16.8. The number of rotatable bonds is 5. The van der Waals surface area contributed by atoms with Crippen LogP contribution in [-0.4, -0.2) is 31.2 Å². The Hall–Kier alpha value is -2.82. The molecule has 1 aliphatic rings. The Kier molecular flexibility index (Phi) is 4.79. The van der Waals surface area contributed by atoms with Crippen molar-refractivity contribution >= 4 is 17.7 Å². The number of ether oxygens (including phenoxy) is 1. The molecule has 1 heterocycles. The van der Waals surface area contributed by atoms with Crippen molar-refractivity contribution < 1.29 is 14.3 Å². The van der Waals surface area contributed by atoms with Gasteiger partial charge in [-0.1, -0.05) is 48.0 Å². The lowest BCUT2D eigenvalue weighted by atomic mass is 10.1. The highest BCUT2D eigenvalue weighted by Crippen LogP contribution is 2.21. The zero-order valence-electron chi connectivity index (χ0n) is 13.6. The summed E-state index contributed by atoms with van der Waals surface area (Å²) in [7, 11) is 0. The summed E-state index contributed by atoms with van der Waals surface area (Å²) in [5.74, 6) is -0.0777. The van der Waals surface area contributed by atoms with E-state index < -0.39 is 0 Å². The number of cyclic esters (lactones) is 1. The van der Waals surface area contributed by atoms with Gasteiger partial charge in [-0.05, 0) is 24.6 Å². The number of nitrogens with one attached hydrogen (secondary N) is 1. The second-order valence-electron chi connectivity index (χ2n) is 5.92. The second-order valence-corrected chi connectivity index (χ2v) is 5.92. The first-order valence-corrected chi connectivity index (χ1v) is 7.97. The van der Waals surface area contributed by atoms with Crippen molar-refractivity contribution in [1.29, 1.82) is 0 Å². The molecular weight excluding hydrogens is 304 g/mol.